The van der Waals surface area contributed by atoms with Crippen LogP contribution < -0.4 is 10.6 Å². The van der Waals surface area contributed by atoms with Crippen molar-refractivity contribution in [3.8, 4) is 0 Å². The van der Waals surface area contributed by atoms with Gasteiger partial charge in [0, 0.05) is 25.4 Å². The fourth-order valence-corrected chi connectivity index (χ4v) is 1.66. The highest BCUT2D eigenvalue weighted by Gasteiger charge is 2.22. The molecular weight excluding hydrogens is 264 g/mol. The first-order valence-corrected chi connectivity index (χ1v) is 6.32. The highest BCUT2D eigenvalue weighted by atomic mass is 16.5. The van der Waals surface area contributed by atoms with Crippen molar-refractivity contribution >= 4 is 12.0 Å². The number of carbonyl (C=O) groups is 2. The third kappa shape index (κ3) is 5.27. The van der Waals surface area contributed by atoms with Gasteiger partial charge in [0.1, 0.15) is 6.04 Å². The van der Waals surface area contributed by atoms with Crippen LogP contribution in [0.3, 0.4) is 0 Å². The Labute approximate surface area is 116 Å². The van der Waals surface area contributed by atoms with Crippen molar-refractivity contribution in [3.63, 3.8) is 0 Å². The molecule has 0 saturated carbocycles. The molecule has 20 heavy (non-hydrogen) atoms. The molecule has 0 aliphatic rings. The van der Waals surface area contributed by atoms with E-state index in [0.717, 1.165) is 0 Å². The molecule has 0 aliphatic heterocycles. The molecule has 0 spiro atoms. The number of aromatic amines is 1. The number of ether oxygens (including phenoxy) is 1. The number of carboxylic acids is 1. The van der Waals surface area contributed by atoms with E-state index < -0.39 is 18.0 Å². The molecule has 112 valence electrons. The van der Waals surface area contributed by atoms with E-state index >= 15 is 0 Å². The van der Waals surface area contributed by atoms with Crippen LogP contribution in [-0.4, -0.2) is 52.9 Å². The average molecular weight is 284 g/mol. The van der Waals surface area contributed by atoms with Gasteiger partial charge >= 0.3 is 12.0 Å². The van der Waals surface area contributed by atoms with Crippen molar-refractivity contribution < 1.29 is 19.4 Å². The number of rotatable bonds is 8. The number of nitrogens with zero attached hydrogens (tertiary/aromatic N) is 1. The van der Waals surface area contributed by atoms with Crippen LogP contribution >= 0.6 is 0 Å². The zero-order valence-corrected chi connectivity index (χ0v) is 11.5. The number of methoxy groups -OCH3 is 1. The van der Waals surface area contributed by atoms with E-state index in [1.807, 2.05) is 6.92 Å². The average Bonchev–Trinajstić information content (AvgIpc) is 2.90. The summed E-state index contributed by atoms with van der Waals surface area (Å²) in [6.45, 7) is 2.28. The summed E-state index contributed by atoms with van der Waals surface area (Å²) in [6, 6.07) is -1.70. The summed E-state index contributed by atoms with van der Waals surface area (Å²) in [6.07, 6.45) is 3.82. The van der Waals surface area contributed by atoms with Crippen molar-refractivity contribution in [2.24, 2.45) is 0 Å². The van der Waals surface area contributed by atoms with Crippen LogP contribution in [0.15, 0.2) is 12.5 Å². The van der Waals surface area contributed by atoms with E-state index in [1.54, 1.807) is 7.11 Å². The number of H-pyrrole nitrogens is 1. The predicted octanol–water partition coefficient (Wildman–Crippen LogP) is 0.130. The number of nitrogens with one attached hydrogen (secondary N) is 3. The lowest BCUT2D eigenvalue weighted by Gasteiger charge is -2.19. The van der Waals surface area contributed by atoms with Crippen molar-refractivity contribution in [2.45, 2.75) is 31.8 Å². The molecular formula is C12H20N4O4. The number of amides is 2. The second kappa shape index (κ2) is 8.16. The molecule has 0 radical (unpaired) electrons. The van der Waals surface area contributed by atoms with E-state index in [4.69, 9.17) is 9.84 Å². The lowest BCUT2D eigenvalue weighted by Crippen LogP contribution is -2.50. The Morgan fingerprint density at radius 1 is 1.50 bits per heavy atom. The number of aromatic nitrogens is 2. The monoisotopic (exact) mass is 284 g/mol. The number of urea groups is 1. The molecule has 2 amide bonds. The summed E-state index contributed by atoms with van der Waals surface area (Å²) >= 11 is 0. The van der Waals surface area contributed by atoms with E-state index in [0.29, 0.717) is 18.7 Å². The SMILES string of the molecule is CCC(COC)NC(=O)NC(Cc1cnc[nH]1)C(=O)O. The number of carbonyl (C=O) groups excluding carboxylic acids is 1. The number of hydrogen-bond donors (Lipinski definition) is 4. The first kappa shape index (κ1) is 16.0. The quantitative estimate of drug-likeness (QED) is 0.541. The molecule has 1 heterocycles. The van der Waals surface area contributed by atoms with Gasteiger partial charge in [0.25, 0.3) is 0 Å². The predicted molar refractivity (Wildman–Crippen MR) is 71.3 cm³/mol. The first-order valence-electron chi connectivity index (χ1n) is 6.32. The number of hydrogen-bond acceptors (Lipinski definition) is 4. The van der Waals surface area contributed by atoms with Gasteiger partial charge in [-0.1, -0.05) is 6.92 Å². The van der Waals surface area contributed by atoms with Gasteiger partial charge in [-0.2, -0.15) is 0 Å². The first-order chi connectivity index (χ1) is 9.56. The van der Waals surface area contributed by atoms with Crippen LogP contribution in [0, 0.1) is 0 Å². The summed E-state index contributed by atoms with van der Waals surface area (Å²) in [5.74, 6) is -1.10. The van der Waals surface area contributed by atoms with Crippen molar-refractivity contribution in [2.75, 3.05) is 13.7 Å². The van der Waals surface area contributed by atoms with E-state index in [2.05, 4.69) is 20.6 Å². The fourth-order valence-electron chi connectivity index (χ4n) is 1.66. The summed E-state index contributed by atoms with van der Waals surface area (Å²) in [5, 5.41) is 14.2. The van der Waals surface area contributed by atoms with Crippen LogP contribution in [0.4, 0.5) is 4.79 Å². The lowest BCUT2D eigenvalue weighted by atomic mass is 10.1. The summed E-state index contributed by atoms with van der Waals surface area (Å²) in [5.41, 5.74) is 0.640. The second-order valence-electron chi connectivity index (χ2n) is 4.35. The third-order valence-corrected chi connectivity index (χ3v) is 2.78. The third-order valence-electron chi connectivity index (χ3n) is 2.78. The van der Waals surface area contributed by atoms with Crippen LogP contribution in [0.1, 0.15) is 19.0 Å². The summed E-state index contributed by atoms with van der Waals surface area (Å²) < 4.78 is 4.96. The molecule has 0 aromatic carbocycles. The molecule has 8 heteroatoms. The Hall–Kier alpha value is -2.09. The Bertz CT molecular complexity index is 421. The minimum absolute atomic E-state index is 0.143. The number of aliphatic carboxylic acids is 1. The highest BCUT2D eigenvalue weighted by Crippen LogP contribution is 1.99. The van der Waals surface area contributed by atoms with E-state index in [1.165, 1.54) is 12.5 Å². The molecule has 0 bridgehead atoms. The molecule has 2 atom stereocenters. The van der Waals surface area contributed by atoms with Gasteiger partial charge in [-0.25, -0.2) is 14.6 Å². The maximum absolute atomic E-state index is 11.8. The minimum atomic E-state index is -1.10. The van der Waals surface area contributed by atoms with Gasteiger partial charge in [0.15, 0.2) is 0 Å². The highest BCUT2D eigenvalue weighted by molar-refractivity contribution is 5.82. The molecule has 0 fully saturated rings. The smallest absolute Gasteiger partial charge is 0.326 e. The van der Waals surface area contributed by atoms with Gasteiger partial charge in [-0.3, -0.25) is 0 Å². The zero-order chi connectivity index (χ0) is 15.0. The molecule has 1 aromatic heterocycles. The molecule has 0 aliphatic carbocycles. The normalized spacial score (nSPS) is 13.5. The number of carboxylic acid groups (broad SMARTS) is 1. The summed E-state index contributed by atoms with van der Waals surface area (Å²) in [4.78, 5) is 29.5. The van der Waals surface area contributed by atoms with Crippen molar-refractivity contribution in [3.05, 3.63) is 18.2 Å². The molecule has 4 N–H and O–H groups in total. The minimum Gasteiger partial charge on any atom is -0.480 e. The van der Waals surface area contributed by atoms with Crippen LogP contribution in [0.25, 0.3) is 0 Å². The molecule has 2 unspecified atom stereocenters. The largest absolute Gasteiger partial charge is 0.480 e. The maximum Gasteiger partial charge on any atom is 0.326 e. The molecule has 1 rings (SSSR count). The van der Waals surface area contributed by atoms with Gasteiger partial charge in [-0.05, 0) is 6.42 Å². The van der Waals surface area contributed by atoms with Crippen LogP contribution in [0.5, 0.6) is 0 Å². The van der Waals surface area contributed by atoms with Crippen LogP contribution in [0.2, 0.25) is 0 Å². The standard InChI is InChI=1S/C12H20N4O4/c1-3-8(6-20-2)15-12(19)16-10(11(17)18)4-9-5-13-7-14-9/h5,7-8,10H,3-4,6H2,1-2H3,(H,13,14)(H,17,18)(H2,15,16,19). The molecule has 0 saturated heterocycles. The second-order valence-corrected chi connectivity index (χ2v) is 4.35. The Morgan fingerprint density at radius 2 is 2.25 bits per heavy atom. The Balaban J connectivity index is 2.52. The topological polar surface area (TPSA) is 116 Å². The Kier molecular flexibility index (Phi) is 6.51. The molecule has 1 aromatic rings. The lowest BCUT2D eigenvalue weighted by molar-refractivity contribution is -0.139. The Morgan fingerprint density at radius 3 is 2.75 bits per heavy atom. The van der Waals surface area contributed by atoms with Gasteiger partial charge < -0.3 is 25.5 Å². The number of imidazole rings is 1. The zero-order valence-electron chi connectivity index (χ0n) is 11.5. The van der Waals surface area contributed by atoms with E-state index in [-0.39, 0.29) is 12.5 Å². The van der Waals surface area contributed by atoms with Gasteiger partial charge in [0.05, 0.1) is 19.0 Å². The fraction of sp³-hybridized carbons (Fsp3) is 0.583. The maximum atomic E-state index is 11.8. The molecule has 8 nitrogen and oxygen atoms in total. The van der Waals surface area contributed by atoms with Gasteiger partial charge in [0.2, 0.25) is 0 Å². The summed E-state index contributed by atoms with van der Waals surface area (Å²) in [7, 11) is 1.54. The van der Waals surface area contributed by atoms with Crippen molar-refractivity contribution in [1.82, 2.24) is 20.6 Å². The van der Waals surface area contributed by atoms with Crippen molar-refractivity contribution in [1.29, 1.82) is 0 Å². The van der Waals surface area contributed by atoms with Crippen LogP contribution in [-0.2, 0) is 16.0 Å². The van der Waals surface area contributed by atoms with Gasteiger partial charge in [-0.15, -0.1) is 0 Å². The van der Waals surface area contributed by atoms with E-state index in [9.17, 15) is 9.59 Å².